The normalized spacial score (nSPS) is 12.1. The maximum Gasteiger partial charge on any atom is 0.0991 e. The third-order valence-corrected chi connectivity index (χ3v) is 2.39. The largest absolute Gasteiger partial charge is 0.393 e. The van der Waals surface area contributed by atoms with E-state index in [1.807, 2.05) is 24.3 Å². The fourth-order valence-electron chi connectivity index (χ4n) is 1.45. The van der Waals surface area contributed by atoms with Crippen LogP contribution in [0.2, 0.25) is 0 Å². The molecule has 0 aromatic heterocycles. The monoisotopic (exact) mass is 218 g/mol. The molecule has 0 bridgehead atoms. The van der Waals surface area contributed by atoms with Crippen LogP contribution in [-0.2, 0) is 6.54 Å². The zero-order valence-corrected chi connectivity index (χ0v) is 9.61. The number of rotatable bonds is 6. The van der Waals surface area contributed by atoms with Crippen LogP contribution in [0, 0.1) is 11.3 Å². The summed E-state index contributed by atoms with van der Waals surface area (Å²) < 4.78 is 0. The lowest BCUT2D eigenvalue weighted by Gasteiger charge is -2.06. The van der Waals surface area contributed by atoms with E-state index in [2.05, 4.69) is 11.4 Å². The average molecular weight is 218 g/mol. The van der Waals surface area contributed by atoms with Crippen LogP contribution in [0.15, 0.2) is 24.3 Å². The van der Waals surface area contributed by atoms with Gasteiger partial charge in [0.25, 0.3) is 0 Å². The van der Waals surface area contributed by atoms with Gasteiger partial charge in [0.1, 0.15) is 0 Å². The Bertz CT molecular complexity index is 338. The predicted octanol–water partition coefficient (Wildman–Crippen LogP) is 1.81. The molecular formula is C13H18N2O. The van der Waals surface area contributed by atoms with Gasteiger partial charge in [-0.3, -0.25) is 0 Å². The molecule has 0 spiro atoms. The second-order valence-corrected chi connectivity index (χ2v) is 3.98. The third kappa shape index (κ3) is 4.92. The summed E-state index contributed by atoms with van der Waals surface area (Å²) >= 11 is 0. The predicted molar refractivity (Wildman–Crippen MR) is 63.8 cm³/mol. The van der Waals surface area contributed by atoms with E-state index < -0.39 is 0 Å². The minimum Gasteiger partial charge on any atom is -0.393 e. The Labute approximate surface area is 96.7 Å². The first kappa shape index (κ1) is 12.7. The minimum atomic E-state index is -0.211. The fourth-order valence-corrected chi connectivity index (χ4v) is 1.45. The van der Waals surface area contributed by atoms with Crippen LogP contribution in [0.4, 0.5) is 0 Å². The standard InChI is InChI=1S/C13H18N2O/c1-11(16)3-2-8-15-10-13-6-4-12(9-14)5-7-13/h4-7,11,15-16H,2-3,8,10H2,1H3. The summed E-state index contributed by atoms with van der Waals surface area (Å²) in [6.07, 6.45) is 1.60. The summed E-state index contributed by atoms with van der Waals surface area (Å²) in [5.74, 6) is 0. The summed E-state index contributed by atoms with van der Waals surface area (Å²) in [6, 6.07) is 9.66. The Morgan fingerprint density at radius 2 is 2.06 bits per heavy atom. The smallest absolute Gasteiger partial charge is 0.0991 e. The van der Waals surface area contributed by atoms with Gasteiger partial charge in [0.15, 0.2) is 0 Å². The van der Waals surface area contributed by atoms with Crippen molar-refractivity contribution in [2.75, 3.05) is 6.54 Å². The Kier molecular flexibility index (Phi) is 5.55. The van der Waals surface area contributed by atoms with Gasteiger partial charge >= 0.3 is 0 Å². The highest BCUT2D eigenvalue weighted by Crippen LogP contribution is 2.03. The highest BCUT2D eigenvalue weighted by Gasteiger charge is 1.96. The number of nitrogens with one attached hydrogen (secondary N) is 1. The first-order valence-electron chi connectivity index (χ1n) is 5.60. The summed E-state index contributed by atoms with van der Waals surface area (Å²) in [5, 5.41) is 21.0. The van der Waals surface area contributed by atoms with Gasteiger partial charge in [0.2, 0.25) is 0 Å². The van der Waals surface area contributed by atoms with E-state index >= 15 is 0 Å². The molecule has 0 radical (unpaired) electrons. The van der Waals surface area contributed by atoms with Gasteiger partial charge in [-0.2, -0.15) is 5.26 Å². The fraction of sp³-hybridized carbons (Fsp3) is 0.462. The molecule has 1 aromatic rings. The quantitative estimate of drug-likeness (QED) is 0.716. The summed E-state index contributed by atoms with van der Waals surface area (Å²) in [4.78, 5) is 0. The molecule has 1 rings (SSSR count). The molecule has 86 valence electrons. The van der Waals surface area contributed by atoms with Crippen molar-refractivity contribution in [3.05, 3.63) is 35.4 Å². The topological polar surface area (TPSA) is 56.0 Å². The molecule has 1 unspecified atom stereocenters. The number of nitrogens with zero attached hydrogens (tertiary/aromatic N) is 1. The van der Waals surface area contributed by atoms with Crippen molar-refractivity contribution in [3.63, 3.8) is 0 Å². The first-order chi connectivity index (χ1) is 7.72. The number of hydrogen-bond acceptors (Lipinski definition) is 3. The maximum absolute atomic E-state index is 9.07. The van der Waals surface area contributed by atoms with Crippen LogP contribution in [0.5, 0.6) is 0 Å². The van der Waals surface area contributed by atoms with Crippen LogP contribution >= 0.6 is 0 Å². The van der Waals surface area contributed by atoms with E-state index in [4.69, 9.17) is 10.4 Å². The number of hydrogen-bond donors (Lipinski definition) is 2. The van der Waals surface area contributed by atoms with Crippen molar-refractivity contribution in [2.45, 2.75) is 32.4 Å². The highest BCUT2D eigenvalue weighted by molar-refractivity contribution is 5.31. The Morgan fingerprint density at radius 1 is 1.38 bits per heavy atom. The van der Waals surface area contributed by atoms with Crippen LogP contribution in [0.3, 0.4) is 0 Å². The lowest BCUT2D eigenvalue weighted by molar-refractivity contribution is 0.181. The zero-order valence-electron chi connectivity index (χ0n) is 9.61. The van der Waals surface area contributed by atoms with Gasteiger partial charge in [0.05, 0.1) is 17.7 Å². The van der Waals surface area contributed by atoms with Crippen LogP contribution < -0.4 is 5.32 Å². The lowest BCUT2D eigenvalue weighted by atomic mass is 10.1. The molecule has 0 saturated heterocycles. The van der Waals surface area contributed by atoms with Crippen molar-refractivity contribution >= 4 is 0 Å². The molecular weight excluding hydrogens is 200 g/mol. The van der Waals surface area contributed by atoms with Crippen LogP contribution in [0.1, 0.15) is 30.9 Å². The van der Waals surface area contributed by atoms with E-state index in [0.717, 1.165) is 25.9 Å². The van der Waals surface area contributed by atoms with Crippen molar-refractivity contribution in [1.29, 1.82) is 5.26 Å². The second kappa shape index (κ2) is 7.00. The number of aliphatic hydroxyl groups is 1. The highest BCUT2D eigenvalue weighted by atomic mass is 16.3. The SMILES string of the molecule is CC(O)CCCNCc1ccc(C#N)cc1. The Balaban J connectivity index is 2.20. The van der Waals surface area contributed by atoms with Gasteiger partial charge in [-0.05, 0) is 44.0 Å². The average Bonchev–Trinajstić information content (AvgIpc) is 2.29. The number of aliphatic hydroxyl groups excluding tert-OH is 1. The van der Waals surface area contributed by atoms with Crippen LogP contribution in [-0.4, -0.2) is 17.8 Å². The number of nitriles is 1. The first-order valence-corrected chi connectivity index (χ1v) is 5.60. The summed E-state index contributed by atoms with van der Waals surface area (Å²) in [5.41, 5.74) is 1.87. The summed E-state index contributed by atoms with van der Waals surface area (Å²) in [6.45, 7) is 3.52. The molecule has 0 aliphatic heterocycles. The van der Waals surface area contributed by atoms with Gasteiger partial charge in [-0.15, -0.1) is 0 Å². The number of benzene rings is 1. The van der Waals surface area contributed by atoms with Crippen molar-refractivity contribution < 1.29 is 5.11 Å². The summed E-state index contributed by atoms with van der Waals surface area (Å²) in [7, 11) is 0. The third-order valence-electron chi connectivity index (χ3n) is 2.39. The molecule has 0 heterocycles. The molecule has 0 aliphatic rings. The molecule has 0 fully saturated rings. The van der Waals surface area contributed by atoms with Gasteiger partial charge in [-0.25, -0.2) is 0 Å². The molecule has 1 atom stereocenters. The zero-order chi connectivity index (χ0) is 11.8. The van der Waals surface area contributed by atoms with Crippen molar-refractivity contribution in [2.24, 2.45) is 0 Å². The van der Waals surface area contributed by atoms with Gasteiger partial charge < -0.3 is 10.4 Å². The van der Waals surface area contributed by atoms with E-state index in [9.17, 15) is 0 Å². The van der Waals surface area contributed by atoms with E-state index in [0.29, 0.717) is 5.56 Å². The molecule has 16 heavy (non-hydrogen) atoms. The minimum absolute atomic E-state index is 0.211. The molecule has 1 aromatic carbocycles. The van der Waals surface area contributed by atoms with E-state index in [1.165, 1.54) is 5.56 Å². The van der Waals surface area contributed by atoms with E-state index in [1.54, 1.807) is 6.92 Å². The van der Waals surface area contributed by atoms with Crippen LogP contribution in [0.25, 0.3) is 0 Å². The molecule has 3 nitrogen and oxygen atoms in total. The second-order valence-electron chi connectivity index (χ2n) is 3.98. The van der Waals surface area contributed by atoms with Gasteiger partial charge in [-0.1, -0.05) is 12.1 Å². The van der Waals surface area contributed by atoms with Crippen molar-refractivity contribution in [1.82, 2.24) is 5.32 Å². The Hall–Kier alpha value is -1.37. The molecule has 0 aliphatic carbocycles. The lowest BCUT2D eigenvalue weighted by Crippen LogP contribution is -2.16. The molecule has 0 saturated carbocycles. The molecule has 0 amide bonds. The molecule has 2 N–H and O–H groups in total. The van der Waals surface area contributed by atoms with Crippen molar-refractivity contribution in [3.8, 4) is 6.07 Å². The Morgan fingerprint density at radius 3 is 2.62 bits per heavy atom. The van der Waals surface area contributed by atoms with Gasteiger partial charge in [0, 0.05) is 6.54 Å². The maximum atomic E-state index is 9.07. The van der Waals surface area contributed by atoms with E-state index in [-0.39, 0.29) is 6.10 Å². The molecule has 3 heteroatoms.